The first-order valence-corrected chi connectivity index (χ1v) is 14.2. The number of likely N-dealkylation sites (N-methyl/N-ethyl adjacent to an activating group) is 1. The average molecular weight is 579 g/mol. The first-order valence-electron chi connectivity index (χ1n) is 14.2. The van der Waals surface area contributed by atoms with E-state index < -0.39 is 0 Å². The van der Waals surface area contributed by atoms with Crippen LogP contribution in [0.5, 0.6) is 11.5 Å². The second-order valence-corrected chi connectivity index (χ2v) is 10.9. The molecule has 1 fully saturated rings. The fourth-order valence-corrected chi connectivity index (χ4v) is 5.12. The summed E-state index contributed by atoms with van der Waals surface area (Å²) in [5, 5.41) is 7.54. The van der Waals surface area contributed by atoms with Gasteiger partial charge in [-0.15, -0.1) is 0 Å². The van der Waals surface area contributed by atoms with E-state index >= 15 is 0 Å². The Kier molecular flexibility index (Phi) is 7.84. The predicted octanol–water partition coefficient (Wildman–Crippen LogP) is 4.07. The maximum absolute atomic E-state index is 12.7. The second-order valence-electron chi connectivity index (χ2n) is 10.9. The molecule has 1 amide bonds. The van der Waals surface area contributed by atoms with E-state index in [1.807, 2.05) is 85.6 Å². The minimum atomic E-state index is 0.0449. The third-order valence-corrected chi connectivity index (χ3v) is 7.35. The van der Waals surface area contributed by atoms with E-state index in [1.165, 1.54) is 12.7 Å². The Balaban J connectivity index is 1.16. The van der Waals surface area contributed by atoms with Gasteiger partial charge in [-0.05, 0) is 69.9 Å². The number of pyridine rings is 2. The molecule has 1 N–H and O–H groups in total. The minimum Gasteiger partial charge on any atom is -0.457 e. The summed E-state index contributed by atoms with van der Waals surface area (Å²) >= 11 is 0. The van der Waals surface area contributed by atoms with Crippen molar-refractivity contribution in [3.05, 3.63) is 79.0 Å². The highest BCUT2D eigenvalue weighted by Crippen LogP contribution is 2.30. The Morgan fingerprint density at radius 1 is 1.09 bits per heavy atom. The molecule has 5 heterocycles. The van der Waals surface area contributed by atoms with E-state index in [0.29, 0.717) is 42.4 Å². The van der Waals surface area contributed by atoms with E-state index in [1.54, 1.807) is 10.6 Å². The maximum Gasteiger partial charge on any atom is 0.246 e. The highest BCUT2D eigenvalue weighted by Gasteiger charge is 2.27. The Bertz CT molecular complexity index is 1800. The van der Waals surface area contributed by atoms with Gasteiger partial charge in [0.1, 0.15) is 35.5 Å². The first kappa shape index (κ1) is 28.0. The summed E-state index contributed by atoms with van der Waals surface area (Å²) in [7, 11) is 3.96. The van der Waals surface area contributed by atoms with Crippen LogP contribution in [0.2, 0.25) is 0 Å². The molecule has 1 atom stereocenters. The number of piperazine rings is 1. The molecule has 43 heavy (non-hydrogen) atoms. The molecule has 0 saturated carbocycles. The number of amides is 1. The molecule has 1 aromatic carbocycles. The molecule has 0 unspecified atom stereocenters. The zero-order chi connectivity index (χ0) is 29.9. The summed E-state index contributed by atoms with van der Waals surface area (Å²) < 4.78 is 7.81. The van der Waals surface area contributed by atoms with Gasteiger partial charge in [-0.3, -0.25) is 4.79 Å². The van der Waals surface area contributed by atoms with Gasteiger partial charge in [0, 0.05) is 56.2 Å². The number of fused-ring (bicyclic) bond motifs is 2. The van der Waals surface area contributed by atoms with Gasteiger partial charge in [-0.1, -0.05) is 6.08 Å². The van der Waals surface area contributed by atoms with Gasteiger partial charge >= 0.3 is 0 Å². The van der Waals surface area contributed by atoms with Gasteiger partial charge in [0.25, 0.3) is 0 Å². The van der Waals surface area contributed by atoms with Crippen molar-refractivity contribution in [3.8, 4) is 11.5 Å². The van der Waals surface area contributed by atoms with Gasteiger partial charge < -0.3 is 24.8 Å². The average Bonchev–Trinajstić information content (AvgIpc) is 3.46. The van der Waals surface area contributed by atoms with Crippen molar-refractivity contribution in [2.45, 2.75) is 19.9 Å². The molecule has 12 nitrogen and oxygen atoms in total. The number of rotatable bonds is 8. The van der Waals surface area contributed by atoms with Crippen LogP contribution in [0.4, 0.5) is 17.3 Å². The number of nitrogens with one attached hydrogen (secondary N) is 1. The minimum absolute atomic E-state index is 0.0449. The molecule has 0 bridgehead atoms. The third kappa shape index (κ3) is 6.24. The lowest BCUT2D eigenvalue weighted by Gasteiger charge is -2.40. The third-order valence-electron chi connectivity index (χ3n) is 7.35. The summed E-state index contributed by atoms with van der Waals surface area (Å²) in [6.07, 6.45) is 8.44. The van der Waals surface area contributed by atoms with Crippen LogP contribution in [-0.2, 0) is 4.79 Å². The Labute approximate surface area is 249 Å². The van der Waals surface area contributed by atoms with Crippen LogP contribution in [0.25, 0.3) is 16.7 Å². The number of hydrogen-bond donors (Lipinski definition) is 1. The lowest BCUT2D eigenvalue weighted by molar-refractivity contribution is -0.128. The second kappa shape index (κ2) is 12.0. The Morgan fingerprint density at radius 3 is 2.79 bits per heavy atom. The van der Waals surface area contributed by atoms with E-state index in [4.69, 9.17) is 9.72 Å². The summed E-state index contributed by atoms with van der Waals surface area (Å²) in [5.41, 5.74) is 3.95. The fraction of sp³-hybridized carbons (Fsp3) is 0.290. The Hall–Kier alpha value is -5.10. The van der Waals surface area contributed by atoms with Crippen LogP contribution in [0.15, 0.2) is 73.5 Å². The molecule has 0 aliphatic carbocycles. The van der Waals surface area contributed by atoms with E-state index in [2.05, 4.69) is 37.2 Å². The fourth-order valence-electron chi connectivity index (χ4n) is 5.12. The molecular formula is C31H34N10O2. The smallest absolute Gasteiger partial charge is 0.246 e. The zero-order valence-electron chi connectivity index (χ0n) is 24.7. The first-order chi connectivity index (χ1) is 20.8. The lowest BCUT2D eigenvalue weighted by atomic mass is 10.1. The topological polar surface area (TPSA) is 117 Å². The molecule has 0 radical (unpaired) electrons. The molecule has 6 rings (SSSR count). The van der Waals surface area contributed by atoms with Gasteiger partial charge in [-0.2, -0.15) is 5.10 Å². The number of benzene rings is 1. The van der Waals surface area contributed by atoms with E-state index in [-0.39, 0.29) is 11.9 Å². The molecule has 0 spiro atoms. The lowest BCUT2D eigenvalue weighted by Crippen LogP contribution is -2.54. The monoisotopic (exact) mass is 578 g/mol. The van der Waals surface area contributed by atoms with Crippen molar-refractivity contribution < 1.29 is 9.53 Å². The SMILES string of the molecule is Cc1cc(Nc2ncnc3ccc(N4CCN(C(=O)/C=C/CN(C)C)[C@H](C)C4)nc23)ccc1Oc1ccn2ncnc2c1. The Morgan fingerprint density at radius 2 is 1.98 bits per heavy atom. The van der Waals surface area contributed by atoms with Crippen LogP contribution in [0.3, 0.4) is 0 Å². The van der Waals surface area contributed by atoms with Crippen LogP contribution in [-0.4, -0.2) is 91.6 Å². The van der Waals surface area contributed by atoms with Crippen LogP contribution < -0.4 is 15.0 Å². The summed E-state index contributed by atoms with van der Waals surface area (Å²) in [6.45, 7) is 6.81. The summed E-state index contributed by atoms with van der Waals surface area (Å²) in [4.78, 5) is 37.0. The van der Waals surface area contributed by atoms with Crippen molar-refractivity contribution in [2.24, 2.45) is 0 Å². The molecule has 5 aromatic rings. The molecule has 220 valence electrons. The normalized spacial score (nSPS) is 15.6. The largest absolute Gasteiger partial charge is 0.457 e. The van der Waals surface area contributed by atoms with Gasteiger partial charge in [0.05, 0.1) is 5.52 Å². The van der Waals surface area contributed by atoms with Gasteiger partial charge in [0.2, 0.25) is 5.91 Å². The highest BCUT2D eigenvalue weighted by molar-refractivity contribution is 5.89. The van der Waals surface area contributed by atoms with Crippen LogP contribution >= 0.6 is 0 Å². The van der Waals surface area contributed by atoms with E-state index in [0.717, 1.165) is 34.9 Å². The predicted molar refractivity (Wildman–Crippen MR) is 166 cm³/mol. The number of aromatic nitrogens is 6. The maximum atomic E-state index is 12.7. The van der Waals surface area contributed by atoms with Gasteiger partial charge in [-0.25, -0.2) is 24.5 Å². The number of ether oxygens (including phenoxy) is 1. The summed E-state index contributed by atoms with van der Waals surface area (Å²) in [6, 6.07) is 13.6. The molecule has 1 aliphatic rings. The number of anilines is 3. The number of nitrogens with zero attached hydrogens (tertiary/aromatic N) is 9. The van der Waals surface area contributed by atoms with Gasteiger partial charge in [0.15, 0.2) is 11.5 Å². The van der Waals surface area contributed by atoms with Crippen molar-refractivity contribution in [1.29, 1.82) is 0 Å². The number of hydrogen-bond acceptors (Lipinski definition) is 10. The number of aryl methyl sites for hydroxylation is 1. The highest BCUT2D eigenvalue weighted by atomic mass is 16.5. The van der Waals surface area contributed by atoms with Crippen LogP contribution in [0.1, 0.15) is 12.5 Å². The molecule has 1 aliphatic heterocycles. The molecule has 4 aromatic heterocycles. The molecule has 1 saturated heterocycles. The molecule has 12 heteroatoms. The van der Waals surface area contributed by atoms with Crippen molar-refractivity contribution in [1.82, 2.24) is 39.3 Å². The van der Waals surface area contributed by atoms with Crippen molar-refractivity contribution in [2.75, 3.05) is 50.5 Å². The van der Waals surface area contributed by atoms with E-state index in [9.17, 15) is 4.79 Å². The van der Waals surface area contributed by atoms with Crippen molar-refractivity contribution in [3.63, 3.8) is 0 Å². The number of carbonyl (C=O) groups is 1. The zero-order valence-corrected chi connectivity index (χ0v) is 24.7. The van der Waals surface area contributed by atoms with Crippen LogP contribution in [0, 0.1) is 6.92 Å². The van der Waals surface area contributed by atoms with Crippen molar-refractivity contribution >= 4 is 39.9 Å². The number of carbonyl (C=O) groups excluding carboxylic acids is 1. The standard InChI is InChI=1S/C31H34N10O2/c1-21-16-23(7-9-26(21)43-24-11-13-41-28(17-24)33-20-35-41)36-31-30-25(32-19-34-31)8-10-27(37-30)39-14-15-40(22(2)18-39)29(42)6-5-12-38(3)4/h5-11,13,16-17,19-20,22H,12,14-15,18H2,1-4H3,(H,32,34,36)/b6-5+/t22-/m1/s1. The summed E-state index contributed by atoms with van der Waals surface area (Å²) in [5.74, 6) is 2.91. The quantitative estimate of drug-likeness (QED) is 0.270. The molecular weight excluding hydrogens is 544 g/mol.